The molecule has 0 radical (unpaired) electrons. The topological polar surface area (TPSA) is 50.9 Å². The fraction of sp³-hybridized carbons (Fsp3) is 0.143. The van der Waals surface area contributed by atoms with E-state index in [0.29, 0.717) is 21.9 Å². The second-order valence-electron chi connectivity index (χ2n) is 4.34. The van der Waals surface area contributed by atoms with Gasteiger partial charge in [-0.2, -0.15) is 0 Å². The Morgan fingerprint density at radius 3 is 2.79 bits per heavy atom. The zero-order valence-electron chi connectivity index (χ0n) is 10.3. The number of imidazole rings is 1. The summed E-state index contributed by atoms with van der Waals surface area (Å²) in [6, 6.07) is 7.27. The first kappa shape index (κ1) is 12.1. The number of aromatic nitrogens is 3. The predicted molar refractivity (Wildman–Crippen MR) is 74.0 cm³/mol. The Labute approximate surface area is 115 Å². The Hall–Kier alpha value is -1.91. The number of aliphatic hydroxyl groups is 1. The van der Waals surface area contributed by atoms with Gasteiger partial charge in [-0.1, -0.05) is 17.7 Å². The molecule has 5 heteroatoms. The van der Waals surface area contributed by atoms with E-state index >= 15 is 0 Å². The summed E-state index contributed by atoms with van der Waals surface area (Å²) in [6.07, 6.45) is 4.32. The molecule has 0 fully saturated rings. The van der Waals surface area contributed by atoms with Gasteiger partial charge in [0.2, 0.25) is 0 Å². The normalized spacial score (nSPS) is 12.8. The van der Waals surface area contributed by atoms with Gasteiger partial charge in [0.1, 0.15) is 11.9 Å². The maximum atomic E-state index is 10.5. The average molecular weight is 274 g/mol. The lowest BCUT2D eigenvalue weighted by atomic mass is 10.0. The number of fused-ring (bicyclic) bond motifs is 1. The number of aryl methyl sites for hydroxylation is 1. The Morgan fingerprint density at radius 2 is 2.05 bits per heavy atom. The van der Waals surface area contributed by atoms with Crippen LogP contribution in [0.2, 0.25) is 5.02 Å². The summed E-state index contributed by atoms with van der Waals surface area (Å²) in [7, 11) is 1.84. The average Bonchev–Trinajstić information content (AvgIpc) is 2.85. The van der Waals surface area contributed by atoms with Gasteiger partial charge >= 0.3 is 0 Å². The molecule has 0 aliphatic heterocycles. The molecule has 3 rings (SSSR count). The monoisotopic (exact) mass is 273 g/mol. The van der Waals surface area contributed by atoms with Crippen molar-refractivity contribution >= 4 is 22.5 Å². The van der Waals surface area contributed by atoms with E-state index in [0.717, 1.165) is 5.39 Å². The molecule has 3 aromatic rings. The summed E-state index contributed by atoms with van der Waals surface area (Å²) in [5.41, 5.74) is 1.40. The van der Waals surface area contributed by atoms with Gasteiger partial charge in [-0.25, -0.2) is 4.98 Å². The van der Waals surface area contributed by atoms with Gasteiger partial charge in [-0.3, -0.25) is 4.98 Å². The van der Waals surface area contributed by atoms with E-state index in [1.165, 1.54) is 0 Å². The number of aliphatic hydroxyl groups excluding tert-OH is 1. The van der Waals surface area contributed by atoms with Crippen LogP contribution in [0.15, 0.2) is 42.9 Å². The number of hydrogen-bond acceptors (Lipinski definition) is 3. The maximum Gasteiger partial charge on any atom is 0.142 e. The Morgan fingerprint density at radius 1 is 1.21 bits per heavy atom. The summed E-state index contributed by atoms with van der Waals surface area (Å²) in [6.45, 7) is 0. The van der Waals surface area contributed by atoms with Crippen molar-refractivity contribution in [3.63, 3.8) is 0 Å². The number of nitrogens with zero attached hydrogens (tertiary/aromatic N) is 3. The van der Waals surface area contributed by atoms with Crippen LogP contribution >= 0.6 is 11.6 Å². The molecule has 1 N–H and O–H groups in total. The van der Waals surface area contributed by atoms with Crippen molar-refractivity contribution in [3.8, 4) is 0 Å². The van der Waals surface area contributed by atoms with Gasteiger partial charge in [0, 0.05) is 41.6 Å². The molecule has 2 heterocycles. The minimum Gasteiger partial charge on any atom is -0.380 e. The summed E-state index contributed by atoms with van der Waals surface area (Å²) in [5, 5.41) is 11.9. The second kappa shape index (κ2) is 4.64. The largest absolute Gasteiger partial charge is 0.380 e. The molecule has 1 aromatic carbocycles. The Kier molecular flexibility index (Phi) is 2.97. The lowest BCUT2D eigenvalue weighted by molar-refractivity contribution is 0.207. The van der Waals surface area contributed by atoms with Crippen LogP contribution in [0.5, 0.6) is 0 Å². The molecule has 4 nitrogen and oxygen atoms in total. The molecule has 2 aromatic heterocycles. The summed E-state index contributed by atoms with van der Waals surface area (Å²) in [5.74, 6) is 0.578. The standard InChI is InChI=1S/C14H12ClN3O/c1-18-8-7-17-14(18)13(19)10-4-5-11(15)9-3-2-6-16-12(9)10/h2-8,13,19H,1H3. The van der Waals surface area contributed by atoms with Gasteiger partial charge in [-0.05, 0) is 18.2 Å². The van der Waals surface area contributed by atoms with E-state index < -0.39 is 6.10 Å². The Bertz CT molecular complexity index is 738. The molecule has 0 aliphatic carbocycles. The minimum absolute atomic E-state index is 0.578. The van der Waals surface area contributed by atoms with Crippen LogP contribution in [-0.4, -0.2) is 19.6 Å². The number of halogens is 1. The highest BCUT2D eigenvalue weighted by Crippen LogP contribution is 2.30. The molecule has 0 amide bonds. The molecule has 96 valence electrons. The summed E-state index contributed by atoms with van der Waals surface area (Å²) in [4.78, 5) is 8.49. The highest BCUT2D eigenvalue weighted by atomic mass is 35.5. The van der Waals surface area contributed by atoms with Crippen LogP contribution in [0, 0.1) is 0 Å². The van der Waals surface area contributed by atoms with Crippen molar-refractivity contribution < 1.29 is 5.11 Å². The fourth-order valence-electron chi connectivity index (χ4n) is 2.16. The van der Waals surface area contributed by atoms with Crippen molar-refractivity contribution in [2.24, 2.45) is 7.05 Å². The first-order valence-electron chi connectivity index (χ1n) is 5.87. The zero-order chi connectivity index (χ0) is 13.4. The van der Waals surface area contributed by atoms with E-state index in [1.54, 1.807) is 35.3 Å². The van der Waals surface area contributed by atoms with Crippen molar-refractivity contribution in [2.75, 3.05) is 0 Å². The summed E-state index contributed by atoms with van der Waals surface area (Å²) < 4.78 is 1.79. The molecule has 0 aliphatic rings. The van der Waals surface area contributed by atoms with Gasteiger partial charge in [0.15, 0.2) is 0 Å². The van der Waals surface area contributed by atoms with Gasteiger partial charge in [-0.15, -0.1) is 0 Å². The van der Waals surface area contributed by atoms with Crippen LogP contribution in [0.1, 0.15) is 17.5 Å². The van der Waals surface area contributed by atoms with E-state index in [9.17, 15) is 5.11 Å². The molecule has 0 spiro atoms. The second-order valence-corrected chi connectivity index (χ2v) is 4.74. The molecule has 1 unspecified atom stereocenters. The Balaban J connectivity index is 2.21. The smallest absolute Gasteiger partial charge is 0.142 e. The first-order chi connectivity index (χ1) is 9.18. The zero-order valence-corrected chi connectivity index (χ0v) is 11.0. The lowest BCUT2D eigenvalue weighted by Gasteiger charge is -2.13. The third-order valence-corrected chi connectivity index (χ3v) is 3.47. The molecule has 0 saturated heterocycles. The molecule has 1 atom stereocenters. The quantitative estimate of drug-likeness (QED) is 0.781. The van der Waals surface area contributed by atoms with Crippen LogP contribution < -0.4 is 0 Å². The van der Waals surface area contributed by atoms with Crippen LogP contribution in [0.4, 0.5) is 0 Å². The predicted octanol–water partition coefficient (Wildman–Crippen LogP) is 2.70. The van der Waals surface area contributed by atoms with Gasteiger partial charge in [0.05, 0.1) is 5.52 Å². The SMILES string of the molecule is Cn1ccnc1C(O)c1ccc(Cl)c2cccnc12. The number of pyridine rings is 1. The van der Waals surface area contributed by atoms with E-state index in [-0.39, 0.29) is 0 Å². The number of hydrogen-bond donors (Lipinski definition) is 1. The highest BCUT2D eigenvalue weighted by molar-refractivity contribution is 6.35. The molecule has 0 bridgehead atoms. The van der Waals surface area contributed by atoms with Gasteiger partial charge < -0.3 is 9.67 Å². The molecular formula is C14H12ClN3O. The van der Waals surface area contributed by atoms with E-state index in [1.807, 2.05) is 19.2 Å². The third-order valence-electron chi connectivity index (χ3n) is 3.15. The highest BCUT2D eigenvalue weighted by Gasteiger charge is 2.18. The molecular weight excluding hydrogens is 262 g/mol. The summed E-state index contributed by atoms with van der Waals surface area (Å²) >= 11 is 6.15. The molecule has 0 saturated carbocycles. The van der Waals surface area contributed by atoms with Crippen molar-refractivity contribution in [1.82, 2.24) is 14.5 Å². The first-order valence-corrected chi connectivity index (χ1v) is 6.24. The van der Waals surface area contributed by atoms with Gasteiger partial charge in [0.25, 0.3) is 0 Å². The fourth-order valence-corrected chi connectivity index (χ4v) is 2.38. The van der Waals surface area contributed by atoms with E-state index in [2.05, 4.69) is 9.97 Å². The minimum atomic E-state index is -0.824. The van der Waals surface area contributed by atoms with Crippen molar-refractivity contribution in [1.29, 1.82) is 0 Å². The van der Waals surface area contributed by atoms with Crippen molar-refractivity contribution in [2.45, 2.75) is 6.10 Å². The lowest BCUT2D eigenvalue weighted by Crippen LogP contribution is -2.08. The van der Waals surface area contributed by atoms with Crippen molar-refractivity contribution in [3.05, 3.63) is 59.3 Å². The third kappa shape index (κ3) is 1.99. The number of benzene rings is 1. The van der Waals surface area contributed by atoms with E-state index in [4.69, 9.17) is 11.6 Å². The number of rotatable bonds is 2. The molecule has 19 heavy (non-hydrogen) atoms. The van der Waals surface area contributed by atoms with Crippen LogP contribution in [0.3, 0.4) is 0 Å². The van der Waals surface area contributed by atoms with Crippen LogP contribution in [-0.2, 0) is 7.05 Å². The maximum absolute atomic E-state index is 10.5. The van der Waals surface area contributed by atoms with Crippen LogP contribution in [0.25, 0.3) is 10.9 Å².